The first-order valence-electron chi connectivity index (χ1n) is 8.99. The summed E-state index contributed by atoms with van der Waals surface area (Å²) in [6.07, 6.45) is 0. The Kier molecular flexibility index (Phi) is 7.03. The molecule has 0 saturated carbocycles. The van der Waals surface area contributed by atoms with Gasteiger partial charge in [0.25, 0.3) is 0 Å². The van der Waals surface area contributed by atoms with E-state index in [1.807, 2.05) is 33.2 Å². The average molecular weight is 379 g/mol. The summed E-state index contributed by atoms with van der Waals surface area (Å²) in [4.78, 5) is 2.09. The van der Waals surface area contributed by atoms with Crippen molar-refractivity contribution in [3.05, 3.63) is 42.0 Å². The number of sulfonamides is 1. The number of likely N-dealkylation sites (N-methyl/N-ethyl adjacent to an activating group) is 1. The molecule has 1 atom stereocenters. The van der Waals surface area contributed by atoms with Crippen LogP contribution in [0.3, 0.4) is 0 Å². The number of nitrogens with one attached hydrogen (secondary N) is 1. The van der Waals surface area contributed by atoms with Gasteiger partial charge in [-0.05, 0) is 62.3 Å². The maximum atomic E-state index is 11.9. The molecule has 0 saturated heterocycles. The Bertz CT molecular complexity index is 832. The van der Waals surface area contributed by atoms with Gasteiger partial charge in [-0.25, -0.2) is 13.1 Å². The normalized spacial score (nSPS) is 13.5. The van der Waals surface area contributed by atoms with Gasteiger partial charge in [0.1, 0.15) is 12.4 Å². The number of hydrogen-bond acceptors (Lipinski definition) is 4. The molecule has 2 aromatic rings. The van der Waals surface area contributed by atoms with Crippen molar-refractivity contribution in [1.29, 1.82) is 0 Å². The lowest BCUT2D eigenvalue weighted by Crippen LogP contribution is -2.33. The summed E-state index contributed by atoms with van der Waals surface area (Å²) < 4.78 is 32.3. The number of benzene rings is 2. The number of hydrogen-bond donors (Lipinski definition) is 1. The molecular formula is C20H30N2O3S. The molecule has 0 aliphatic carbocycles. The Morgan fingerprint density at radius 1 is 1.04 bits per heavy atom. The summed E-state index contributed by atoms with van der Waals surface area (Å²) in [5.74, 6) is 0.966. The first kappa shape index (κ1) is 20.7. The minimum absolute atomic E-state index is 0.101. The topological polar surface area (TPSA) is 58.6 Å². The second-order valence-electron chi connectivity index (χ2n) is 7.26. The minimum Gasteiger partial charge on any atom is -0.492 e. The summed E-state index contributed by atoms with van der Waals surface area (Å²) in [5.41, 5.74) is 1.12. The smallest absolute Gasteiger partial charge is 0.213 e. The summed E-state index contributed by atoms with van der Waals surface area (Å²) in [5, 5.41) is 1.82. The number of fused-ring (bicyclic) bond motifs is 1. The van der Waals surface area contributed by atoms with E-state index in [9.17, 15) is 8.42 Å². The van der Waals surface area contributed by atoms with E-state index in [0.717, 1.165) is 28.6 Å². The van der Waals surface area contributed by atoms with E-state index in [0.29, 0.717) is 13.2 Å². The van der Waals surface area contributed by atoms with Crippen LogP contribution in [0.15, 0.2) is 36.4 Å². The van der Waals surface area contributed by atoms with Crippen molar-refractivity contribution in [2.24, 2.45) is 0 Å². The second-order valence-corrected chi connectivity index (χ2v) is 9.58. The van der Waals surface area contributed by atoms with Crippen molar-refractivity contribution in [1.82, 2.24) is 9.62 Å². The van der Waals surface area contributed by atoms with Gasteiger partial charge < -0.3 is 9.64 Å². The fraction of sp³-hybridized carbons (Fsp3) is 0.500. The minimum atomic E-state index is -3.23. The van der Waals surface area contributed by atoms with Crippen LogP contribution in [0.25, 0.3) is 10.8 Å². The third-order valence-corrected chi connectivity index (χ3v) is 6.23. The van der Waals surface area contributed by atoms with Crippen LogP contribution in [0, 0.1) is 0 Å². The Morgan fingerprint density at radius 3 is 2.35 bits per heavy atom. The Balaban J connectivity index is 2.06. The fourth-order valence-corrected chi connectivity index (χ4v) is 3.33. The highest BCUT2D eigenvalue weighted by atomic mass is 32.2. The van der Waals surface area contributed by atoms with Gasteiger partial charge in [0.05, 0.1) is 5.25 Å². The predicted molar refractivity (Wildman–Crippen MR) is 108 cm³/mol. The summed E-state index contributed by atoms with van der Waals surface area (Å²) in [7, 11) is 0.809. The summed E-state index contributed by atoms with van der Waals surface area (Å²) >= 11 is 0. The van der Waals surface area contributed by atoms with Gasteiger partial charge in [0, 0.05) is 13.1 Å². The lowest BCUT2D eigenvalue weighted by Gasteiger charge is -2.16. The van der Waals surface area contributed by atoms with E-state index in [1.54, 1.807) is 13.8 Å². The molecule has 0 aliphatic heterocycles. The van der Waals surface area contributed by atoms with E-state index in [1.165, 1.54) is 0 Å². The molecule has 0 aliphatic rings. The molecule has 144 valence electrons. The van der Waals surface area contributed by atoms with E-state index in [4.69, 9.17) is 4.74 Å². The maximum Gasteiger partial charge on any atom is 0.213 e. The van der Waals surface area contributed by atoms with Gasteiger partial charge in [-0.2, -0.15) is 0 Å². The van der Waals surface area contributed by atoms with Crippen LogP contribution < -0.4 is 9.46 Å². The lowest BCUT2D eigenvalue weighted by atomic mass is 9.98. The molecule has 6 heteroatoms. The maximum absolute atomic E-state index is 11.9. The first-order chi connectivity index (χ1) is 12.2. The van der Waals surface area contributed by atoms with E-state index < -0.39 is 15.3 Å². The number of rotatable bonds is 9. The van der Waals surface area contributed by atoms with Crippen LogP contribution in [-0.4, -0.2) is 52.4 Å². The lowest BCUT2D eigenvalue weighted by molar-refractivity contribution is 0.261. The van der Waals surface area contributed by atoms with Crippen LogP contribution in [-0.2, 0) is 10.0 Å². The zero-order valence-corrected chi connectivity index (χ0v) is 17.1. The van der Waals surface area contributed by atoms with Gasteiger partial charge in [0.2, 0.25) is 10.0 Å². The van der Waals surface area contributed by atoms with Crippen LogP contribution in [0.5, 0.6) is 5.75 Å². The highest BCUT2D eigenvalue weighted by molar-refractivity contribution is 7.90. The van der Waals surface area contributed by atoms with E-state index >= 15 is 0 Å². The molecule has 0 heterocycles. The Hall–Kier alpha value is -1.63. The largest absolute Gasteiger partial charge is 0.492 e. The van der Waals surface area contributed by atoms with Crippen molar-refractivity contribution in [2.75, 3.05) is 33.8 Å². The highest BCUT2D eigenvalue weighted by Gasteiger charge is 2.17. The zero-order chi connectivity index (χ0) is 19.3. The molecule has 0 radical (unpaired) electrons. The Morgan fingerprint density at radius 2 is 1.69 bits per heavy atom. The summed E-state index contributed by atoms with van der Waals surface area (Å²) in [6.45, 7) is 7.33. The SMILES string of the molecule is CC(CNS(=O)(=O)C(C)C)c1ccc2cc(OCCN(C)C)ccc2c1. The van der Waals surface area contributed by atoms with Gasteiger partial charge >= 0.3 is 0 Å². The molecule has 5 nitrogen and oxygen atoms in total. The molecule has 0 fully saturated rings. The molecule has 0 bridgehead atoms. The van der Waals surface area contributed by atoms with Crippen molar-refractivity contribution in [2.45, 2.75) is 31.9 Å². The molecule has 2 rings (SSSR count). The quantitative estimate of drug-likeness (QED) is 0.728. The molecule has 0 amide bonds. The Labute approximate surface area is 157 Å². The van der Waals surface area contributed by atoms with Crippen molar-refractivity contribution < 1.29 is 13.2 Å². The molecule has 26 heavy (non-hydrogen) atoms. The highest BCUT2D eigenvalue weighted by Crippen LogP contribution is 2.25. The average Bonchev–Trinajstić information content (AvgIpc) is 2.58. The van der Waals surface area contributed by atoms with E-state index in [-0.39, 0.29) is 5.92 Å². The molecule has 1 unspecified atom stereocenters. The van der Waals surface area contributed by atoms with Gasteiger partial charge in [-0.1, -0.05) is 31.2 Å². The van der Waals surface area contributed by atoms with E-state index in [2.05, 4.69) is 33.9 Å². The molecule has 0 spiro atoms. The predicted octanol–water partition coefficient (Wildman–Crippen LogP) is 3.21. The standard InChI is InChI=1S/C20H30N2O3S/c1-15(2)26(23,24)21-14-16(3)17-6-7-19-13-20(9-8-18(19)12-17)25-11-10-22(4)5/h6-9,12-13,15-16,21H,10-11,14H2,1-5H3. The zero-order valence-electron chi connectivity index (χ0n) is 16.3. The second kappa shape index (κ2) is 8.84. The van der Waals surface area contributed by atoms with Crippen LogP contribution >= 0.6 is 0 Å². The number of ether oxygens (including phenoxy) is 1. The first-order valence-corrected chi connectivity index (χ1v) is 10.5. The third-order valence-electron chi connectivity index (χ3n) is 4.42. The van der Waals surface area contributed by atoms with Crippen LogP contribution in [0.2, 0.25) is 0 Å². The van der Waals surface area contributed by atoms with Gasteiger partial charge in [0.15, 0.2) is 0 Å². The molecule has 2 aromatic carbocycles. The van der Waals surface area contributed by atoms with Crippen molar-refractivity contribution >= 4 is 20.8 Å². The fourth-order valence-electron chi connectivity index (χ4n) is 2.51. The van der Waals surface area contributed by atoms with Crippen molar-refractivity contribution in [3.63, 3.8) is 0 Å². The van der Waals surface area contributed by atoms with Gasteiger partial charge in [-0.3, -0.25) is 0 Å². The molecule has 1 N–H and O–H groups in total. The molecule has 0 aromatic heterocycles. The monoisotopic (exact) mass is 378 g/mol. The third kappa shape index (κ3) is 5.69. The van der Waals surface area contributed by atoms with Gasteiger partial charge in [-0.15, -0.1) is 0 Å². The van der Waals surface area contributed by atoms with Crippen molar-refractivity contribution in [3.8, 4) is 5.75 Å². The van der Waals surface area contributed by atoms with Crippen LogP contribution in [0.1, 0.15) is 32.3 Å². The van der Waals surface area contributed by atoms with Crippen LogP contribution in [0.4, 0.5) is 0 Å². The molecular weight excluding hydrogens is 348 g/mol. The summed E-state index contributed by atoms with van der Waals surface area (Å²) in [6, 6.07) is 12.3. The number of nitrogens with zero attached hydrogens (tertiary/aromatic N) is 1.